The minimum absolute atomic E-state index is 0.0181. The Bertz CT molecular complexity index is 743. The molecule has 7 nitrogen and oxygen atoms in total. The summed E-state index contributed by atoms with van der Waals surface area (Å²) in [5, 5.41) is 19.9. The largest absolute Gasteiger partial charge is 0.497 e. The van der Waals surface area contributed by atoms with E-state index in [1.807, 2.05) is 6.07 Å². The maximum absolute atomic E-state index is 11.0. The highest BCUT2D eigenvalue weighted by atomic mass is 35.5. The van der Waals surface area contributed by atoms with E-state index < -0.39 is 4.92 Å². The number of nitriles is 1. The number of rotatable bonds is 4. The molecule has 0 saturated heterocycles. The summed E-state index contributed by atoms with van der Waals surface area (Å²) in [4.78, 5) is 14.3. The van der Waals surface area contributed by atoms with Gasteiger partial charge >= 0.3 is 5.69 Å². The monoisotopic (exact) mass is 305 g/mol. The first-order chi connectivity index (χ1) is 10.0. The summed E-state index contributed by atoms with van der Waals surface area (Å²) >= 11 is 5.76. The first-order valence-electron chi connectivity index (χ1n) is 5.61. The van der Waals surface area contributed by atoms with Crippen molar-refractivity contribution in [1.82, 2.24) is 4.98 Å². The second kappa shape index (κ2) is 6.07. The van der Waals surface area contributed by atoms with Crippen LogP contribution in [0, 0.1) is 21.4 Å². The highest BCUT2D eigenvalue weighted by molar-refractivity contribution is 6.29. The molecule has 0 radical (unpaired) electrons. The van der Waals surface area contributed by atoms with E-state index in [1.165, 1.54) is 37.4 Å². The van der Waals surface area contributed by atoms with Crippen molar-refractivity contribution in [1.29, 1.82) is 5.26 Å². The van der Waals surface area contributed by atoms with E-state index in [1.54, 1.807) is 0 Å². The summed E-state index contributed by atoms with van der Waals surface area (Å²) in [5.74, 6) is 0.312. The molecule has 8 heteroatoms. The fourth-order valence-electron chi connectivity index (χ4n) is 1.56. The summed E-state index contributed by atoms with van der Waals surface area (Å²) in [6.07, 6.45) is 0. The van der Waals surface area contributed by atoms with Crippen molar-refractivity contribution in [3.8, 4) is 23.4 Å². The fourth-order valence-corrected chi connectivity index (χ4v) is 1.76. The molecule has 1 aromatic heterocycles. The molecule has 0 aliphatic carbocycles. The van der Waals surface area contributed by atoms with E-state index in [2.05, 4.69) is 4.98 Å². The number of benzene rings is 1. The molecule has 106 valence electrons. The highest BCUT2D eigenvalue weighted by Crippen LogP contribution is 2.34. The number of halogens is 1. The van der Waals surface area contributed by atoms with Crippen LogP contribution in [0.3, 0.4) is 0 Å². The van der Waals surface area contributed by atoms with Gasteiger partial charge in [-0.25, -0.2) is 4.98 Å². The van der Waals surface area contributed by atoms with E-state index in [0.29, 0.717) is 5.75 Å². The van der Waals surface area contributed by atoms with Crippen LogP contribution in [0.15, 0.2) is 30.3 Å². The van der Waals surface area contributed by atoms with Gasteiger partial charge in [-0.2, -0.15) is 5.26 Å². The number of nitro benzene ring substituents is 1. The topological polar surface area (TPSA) is 98.3 Å². The molecule has 0 N–H and O–H groups in total. The number of aromatic nitrogens is 1. The van der Waals surface area contributed by atoms with Crippen molar-refractivity contribution in [3.05, 3.63) is 51.2 Å². The molecular weight excluding hydrogens is 298 g/mol. The lowest BCUT2D eigenvalue weighted by atomic mass is 10.2. The molecule has 0 fully saturated rings. The molecule has 0 spiro atoms. The Labute approximate surface area is 124 Å². The molecule has 0 amide bonds. The van der Waals surface area contributed by atoms with Gasteiger partial charge in [-0.15, -0.1) is 0 Å². The number of pyridine rings is 1. The fraction of sp³-hybridized carbons (Fsp3) is 0.0769. The van der Waals surface area contributed by atoms with Crippen LogP contribution < -0.4 is 9.47 Å². The molecule has 0 bridgehead atoms. The van der Waals surface area contributed by atoms with Gasteiger partial charge in [0.2, 0.25) is 11.6 Å². The summed E-state index contributed by atoms with van der Waals surface area (Å²) in [7, 11) is 1.43. The molecule has 0 unspecified atom stereocenters. The maximum Gasteiger partial charge on any atom is 0.311 e. The second-order valence-corrected chi connectivity index (χ2v) is 4.21. The van der Waals surface area contributed by atoms with Crippen LogP contribution in [0.25, 0.3) is 0 Å². The van der Waals surface area contributed by atoms with Gasteiger partial charge < -0.3 is 9.47 Å². The second-order valence-electron chi connectivity index (χ2n) is 3.82. The Kier molecular flexibility index (Phi) is 4.21. The van der Waals surface area contributed by atoms with Crippen molar-refractivity contribution in [3.63, 3.8) is 0 Å². The van der Waals surface area contributed by atoms with Crippen molar-refractivity contribution in [2.24, 2.45) is 0 Å². The lowest BCUT2D eigenvalue weighted by Gasteiger charge is -2.07. The first-order valence-corrected chi connectivity index (χ1v) is 5.99. The van der Waals surface area contributed by atoms with Gasteiger partial charge in [-0.05, 0) is 12.1 Å². The number of methoxy groups -OCH3 is 1. The first kappa shape index (κ1) is 14.6. The van der Waals surface area contributed by atoms with Gasteiger partial charge in [0.15, 0.2) is 0 Å². The quantitative estimate of drug-likeness (QED) is 0.488. The highest BCUT2D eigenvalue weighted by Gasteiger charge is 2.18. The molecule has 0 atom stereocenters. The summed E-state index contributed by atoms with van der Waals surface area (Å²) in [6, 6.07) is 8.62. The number of nitrogens with zero attached hydrogens (tertiary/aromatic N) is 3. The molecule has 0 saturated carbocycles. The van der Waals surface area contributed by atoms with Crippen molar-refractivity contribution in [2.75, 3.05) is 7.11 Å². The molecule has 1 heterocycles. The van der Waals surface area contributed by atoms with Crippen LogP contribution in [0.5, 0.6) is 17.4 Å². The smallest absolute Gasteiger partial charge is 0.311 e. The molecule has 2 rings (SSSR count). The third kappa shape index (κ3) is 3.38. The standard InChI is InChI=1S/C13H8ClN3O4/c1-20-9-2-3-10(17(18)19)11(6-9)21-13-5-8(7-15)4-12(14)16-13/h2-6H,1H3. The molecular formula is C13H8ClN3O4. The van der Waals surface area contributed by atoms with Gasteiger partial charge in [-0.3, -0.25) is 10.1 Å². The van der Waals surface area contributed by atoms with Crippen LogP contribution in [0.1, 0.15) is 5.56 Å². The van der Waals surface area contributed by atoms with Gasteiger partial charge in [0.1, 0.15) is 10.9 Å². The van der Waals surface area contributed by atoms with Gasteiger partial charge in [0.05, 0.1) is 23.7 Å². The molecule has 2 aromatic rings. The Morgan fingerprint density at radius 1 is 1.38 bits per heavy atom. The average Bonchev–Trinajstić information content (AvgIpc) is 2.46. The lowest BCUT2D eigenvalue weighted by molar-refractivity contribution is -0.385. The van der Waals surface area contributed by atoms with Gasteiger partial charge in [0, 0.05) is 18.2 Å². The van der Waals surface area contributed by atoms with Crippen LogP contribution >= 0.6 is 11.6 Å². The molecule has 0 aliphatic heterocycles. The Hall–Kier alpha value is -2.85. The maximum atomic E-state index is 11.0. The number of nitro groups is 1. The van der Waals surface area contributed by atoms with Gasteiger partial charge in [-0.1, -0.05) is 11.6 Å². The molecule has 0 aliphatic rings. The van der Waals surface area contributed by atoms with E-state index >= 15 is 0 Å². The van der Waals surface area contributed by atoms with E-state index in [9.17, 15) is 10.1 Å². The zero-order chi connectivity index (χ0) is 15.4. The summed E-state index contributed by atoms with van der Waals surface area (Å²) < 4.78 is 10.4. The van der Waals surface area contributed by atoms with E-state index in [0.717, 1.165) is 0 Å². The Morgan fingerprint density at radius 3 is 2.76 bits per heavy atom. The number of hydrogen-bond donors (Lipinski definition) is 0. The third-order valence-corrected chi connectivity index (χ3v) is 2.67. The number of hydrogen-bond acceptors (Lipinski definition) is 6. The molecule has 21 heavy (non-hydrogen) atoms. The SMILES string of the molecule is COc1ccc([N+](=O)[O-])c(Oc2cc(C#N)cc(Cl)n2)c1. The third-order valence-electron chi connectivity index (χ3n) is 2.48. The molecule has 1 aromatic carbocycles. The van der Waals surface area contributed by atoms with Gasteiger partial charge in [0.25, 0.3) is 0 Å². The zero-order valence-corrected chi connectivity index (χ0v) is 11.5. The van der Waals surface area contributed by atoms with Crippen LogP contribution in [-0.4, -0.2) is 17.0 Å². The predicted molar refractivity (Wildman–Crippen MR) is 73.7 cm³/mol. The normalized spacial score (nSPS) is 9.76. The minimum atomic E-state index is -0.593. The lowest BCUT2D eigenvalue weighted by Crippen LogP contribution is -1.96. The van der Waals surface area contributed by atoms with Crippen molar-refractivity contribution >= 4 is 17.3 Å². The van der Waals surface area contributed by atoms with Crippen LogP contribution in [0.2, 0.25) is 5.15 Å². The van der Waals surface area contributed by atoms with Crippen LogP contribution in [-0.2, 0) is 0 Å². The average molecular weight is 306 g/mol. The van der Waals surface area contributed by atoms with Crippen LogP contribution in [0.4, 0.5) is 5.69 Å². The predicted octanol–water partition coefficient (Wildman–Crippen LogP) is 3.32. The Morgan fingerprint density at radius 2 is 2.14 bits per heavy atom. The summed E-state index contributed by atoms with van der Waals surface area (Å²) in [5.41, 5.74) is -0.0216. The zero-order valence-electron chi connectivity index (χ0n) is 10.7. The van der Waals surface area contributed by atoms with E-state index in [4.69, 9.17) is 26.3 Å². The summed E-state index contributed by atoms with van der Waals surface area (Å²) in [6.45, 7) is 0. The minimum Gasteiger partial charge on any atom is -0.497 e. The van der Waals surface area contributed by atoms with Crippen molar-refractivity contribution in [2.45, 2.75) is 0 Å². The Balaban J connectivity index is 2.45. The van der Waals surface area contributed by atoms with E-state index in [-0.39, 0.29) is 28.0 Å². The van der Waals surface area contributed by atoms with Crippen molar-refractivity contribution < 1.29 is 14.4 Å². The number of ether oxygens (including phenoxy) is 2.